The molecule has 0 radical (unpaired) electrons. The van der Waals surface area contributed by atoms with Gasteiger partial charge in [-0.15, -0.1) is 0 Å². The molecule has 0 bridgehead atoms. The molecule has 2 heterocycles. The van der Waals surface area contributed by atoms with E-state index in [1.807, 2.05) is 74.6 Å². The van der Waals surface area contributed by atoms with Crippen LogP contribution in [0.5, 0.6) is 11.5 Å². The van der Waals surface area contributed by atoms with E-state index in [4.69, 9.17) is 10.5 Å². The summed E-state index contributed by atoms with van der Waals surface area (Å²) in [6, 6.07) is 25.1. The Kier molecular flexibility index (Phi) is 12.9. The fraction of sp³-hybridized carbons (Fsp3) is 0.256. The number of anilines is 2. The highest BCUT2D eigenvalue weighted by Crippen LogP contribution is 2.37. The molecule has 0 aliphatic rings. The number of carbonyl (C=O) groups excluding carboxylic acids is 2. The molecule has 7 N–H and O–H groups in total. The zero-order valence-corrected chi connectivity index (χ0v) is 32.4. The van der Waals surface area contributed by atoms with E-state index in [1.54, 1.807) is 24.1 Å². The molecule has 0 saturated heterocycles. The lowest BCUT2D eigenvalue weighted by Gasteiger charge is -2.18. The number of nitrogens with one attached hydrogen (secondary N) is 3. The van der Waals surface area contributed by atoms with Crippen molar-refractivity contribution >= 4 is 56.8 Å². The lowest BCUT2D eigenvalue weighted by molar-refractivity contribution is 0.0792. The number of phenolic OH excluding ortho intramolecular Hbond substituents is 1. The first-order valence-corrected chi connectivity index (χ1v) is 19.3. The number of fused-ring (bicyclic) bond motifs is 2. The summed E-state index contributed by atoms with van der Waals surface area (Å²) in [6.45, 7) is 3.66. The number of nitrogens with two attached hydrogens (primary N) is 1. The maximum Gasteiger partial charge on any atom is 0.253 e. The summed E-state index contributed by atoms with van der Waals surface area (Å²) in [4.78, 5) is 48.4. The molecule has 0 unspecified atom stereocenters. The van der Waals surface area contributed by atoms with Gasteiger partial charge in [-0.05, 0) is 92.0 Å². The predicted molar refractivity (Wildman–Crippen MR) is 221 cm³/mol. The van der Waals surface area contributed by atoms with E-state index in [9.17, 15) is 24.6 Å². The molecular weight excluding hydrogens is 729 g/mol. The number of phenols is 1. The van der Waals surface area contributed by atoms with Gasteiger partial charge in [0.2, 0.25) is 5.56 Å². The van der Waals surface area contributed by atoms with Gasteiger partial charge in [0.05, 0.1) is 35.5 Å². The van der Waals surface area contributed by atoms with Crippen LogP contribution >= 0.6 is 11.8 Å². The molecule has 4 aromatic carbocycles. The second kappa shape index (κ2) is 18.2. The number of aromatic amines is 1. The van der Waals surface area contributed by atoms with Crippen molar-refractivity contribution in [3.05, 3.63) is 124 Å². The van der Waals surface area contributed by atoms with Gasteiger partial charge in [0.1, 0.15) is 11.5 Å². The maximum atomic E-state index is 13.4. The molecule has 13 heteroatoms. The van der Waals surface area contributed by atoms with E-state index in [1.165, 1.54) is 30.1 Å². The van der Waals surface area contributed by atoms with E-state index in [-0.39, 0.29) is 22.8 Å². The summed E-state index contributed by atoms with van der Waals surface area (Å²) in [5.41, 5.74) is 10.2. The monoisotopic (exact) mass is 774 g/mol. The van der Waals surface area contributed by atoms with Gasteiger partial charge in [-0.1, -0.05) is 42.8 Å². The summed E-state index contributed by atoms with van der Waals surface area (Å²) in [7, 11) is 3.42. The third-order valence-electron chi connectivity index (χ3n) is 9.60. The normalized spacial score (nSPS) is 11.8. The van der Waals surface area contributed by atoms with Crippen LogP contribution in [-0.2, 0) is 0 Å². The summed E-state index contributed by atoms with van der Waals surface area (Å²) in [5.74, 6) is -0.0149. The van der Waals surface area contributed by atoms with Crippen LogP contribution < -0.4 is 26.7 Å². The molecule has 290 valence electrons. The molecule has 0 aliphatic carbocycles. The second-order valence-corrected chi connectivity index (χ2v) is 14.8. The average Bonchev–Trinajstić information content (AvgIpc) is 3.19. The highest BCUT2D eigenvalue weighted by Gasteiger charge is 2.18. The largest absolute Gasteiger partial charge is 0.506 e. The number of carbonyl (C=O) groups is 2. The number of primary amides is 1. The topological polar surface area (TPSA) is 183 Å². The van der Waals surface area contributed by atoms with Crippen molar-refractivity contribution < 1.29 is 24.5 Å². The van der Waals surface area contributed by atoms with Gasteiger partial charge in [0, 0.05) is 70.3 Å². The first-order chi connectivity index (χ1) is 27.0. The Balaban J connectivity index is 1.01. The van der Waals surface area contributed by atoms with Crippen molar-refractivity contribution in [3.63, 3.8) is 0 Å². The lowest BCUT2D eigenvalue weighted by atomic mass is 10.0. The number of H-pyrrole nitrogens is 1. The van der Waals surface area contributed by atoms with Crippen molar-refractivity contribution in [1.82, 2.24) is 20.2 Å². The predicted octanol–water partition coefficient (Wildman–Crippen LogP) is 7.05. The molecule has 1 atom stereocenters. The Hall–Kier alpha value is -5.89. The zero-order valence-electron chi connectivity index (χ0n) is 31.6. The average molecular weight is 775 g/mol. The second-order valence-electron chi connectivity index (χ2n) is 13.7. The minimum Gasteiger partial charge on any atom is -0.506 e. The Morgan fingerprint density at radius 1 is 0.964 bits per heavy atom. The molecule has 12 nitrogen and oxygen atoms in total. The van der Waals surface area contributed by atoms with E-state index in [0.717, 1.165) is 64.2 Å². The standard InChI is InChI=1S/C43H46N6O6S/c1-26-20-31(23-34-39(26)46-24-35(42(44)53)40(34)47-28-11-9-12-29(22-28)55-3)56-30-13-8-10-27(21-30)43(54)49(2)19-7-5-4-6-18-45-25-37(51)32-14-16-36(50)41-33(32)15-17-38(52)48-41/h8-17,20-24,37,45,50-51H,4-7,18-19,25H2,1-3H3,(H2,44,53)(H,46,47)(H,48,52)/t37-/m0/s1. The third kappa shape index (κ3) is 9.48. The molecule has 56 heavy (non-hydrogen) atoms. The molecule has 2 aromatic heterocycles. The first-order valence-electron chi connectivity index (χ1n) is 18.4. The molecule has 6 aromatic rings. The summed E-state index contributed by atoms with van der Waals surface area (Å²) in [5, 5.41) is 28.9. The number of unbranched alkanes of at least 4 members (excludes halogenated alkanes) is 3. The number of hydrogen-bond donors (Lipinski definition) is 6. The number of methoxy groups -OCH3 is 1. The van der Waals surface area contributed by atoms with Crippen LogP contribution in [0.1, 0.15) is 63.6 Å². The van der Waals surface area contributed by atoms with Gasteiger partial charge >= 0.3 is 0 Å². The molecule has 0 fully saturated rings. The molecule has 0 spiro atoms. The van der Waals surface area contributed by atoms with Gasteiger partial charge in [0.25, 0.3) is 11.8 Å². The van der Waals surface area contributed by atoms with Crippen LogP contribution in [0.15, 0.2) is 106 Å². The molecule has 6 rings (SSSR count). The van der Waals surface area contributed by atoms with Crippen LogP contribution in [0, 0.1) is 6.92 Å². The van der Waals surface area contributed by atoms with Crippen LogP contribution in [-0.4, -0.2) is 70.7 Å². The van der Waals surface area contributed by atoms with Crippen molar-refractivity contribution in [1.29, 1.82) is 0 Å². The number of aromatic nitrogens is 2. The van der Waals surface area contributed by atoms with Crippen LogP contribution in [0.4, 0.5) is 11.4 Å². The van der Waals surface area contributed by atoms with Crippen molar-refractivity contribution in [2.75, 3.05) is 39.1 Å². The minimum absolute atomic E-state index is 0.0378. The van der Waals surface area contributed by atoms with Gasteiger partial charge in [0.15, 0.2) is 0 Å². The fourth-order valence-corrected chi connectivity index (χ4v) is 7.69. The smallest absolute Gasteiger partial charge is 0.253 e. The number of nitrogens with zero attached hydrogens (tertiary/aromatic N) is 2. The number of aryl methyl sites for hydroxylation is 1. The zero-order chi connectivity index (χ0) is 39.8. The van der Waals surface area contributed by atoms with Crippen LogP contribution in [0.2, 0.25) is 0 Å². The van der Waals surface area contributed by atoms with Gasteiger partial charge in [-0.2, -0.15) is 0 Å². The SMILES string of the molecule is COc1cccc(Nc2c(C(N)=O)cnc3c(C)cc(Sc4cccc(C(=O)N(C)CCCCCCNC[C@H](O)c5ccc(O)c6[nH]c(=O)ccc56)c4)cc23)c1. The lowest BCUT2D eigenvalue weighted by Crippen LogP contribution is -2.27. The highest BCUT2D eigenvalue weighted by molar-refractivity contribution is 7.99. The number of aromatic hydroxyl groups is 1. The minimum atomic E-state index is -0.799. The summed E-state index contributed by atoms with van der Waals surface area (Å²) in [6.07, 6.45) is 4.40. The number of pyridine rings is 2. The fourth-order valence-electron chi connectivity index (χ4n) is 6.67. The Morgan fingerprint density at radius 2 is 1.77 bits per heavy atom. The van der Waals surface area contributed by atoms with Crippen molar-refractivity contribution in [2.24, 2.45) is 5.73 Å². The van der Waals surface area contributed by atoms with Crippen LogP contribution in [0.25, 0.3) is 21.8 Å². The van der Waals surface area contributed by atoms with E-state index in [0.29, 0.717) is 46.6 Å². The number of aliphatic hydroxyl groups is 1. The number of benzene rings is 4. The number of aliphatic hydroxyl groups excluding tert-OH is 1. The quantitative estimate of drug-likeness (QED) is 0.0526. The Bertz CT molecular complexity index is 2440. The molecule has 2 amide bonds. The van der Waals surface area contributed by atoms with Crippen molar-refractivity contribution in [2.45, 2.75) is 48.5 Å². The van der Waals surface area contributed by atoms with Crippen LogP contribution in [0.3, 0.4) is 0 Å². The first kappa shape index (κ1) is 39.8. The van der Waals surface area contributed by atoms with Gasteiger partial charge in [-0.3, -0.25) is 19.4 Å². The highest BCUT2D eigenvalue weighted by atomic mass is 32.2. The number of amides is 2. The third-order valence-corrected chi connectivity index (χ3v) is 10.6. The number of ether oxygens (including phenoxy) is 1. The molecule has 0 saturated carbocycles. The molecular formula is C43H46N6O6S. The van der Waals surface area contributed by atoms with E-state index >= 15 is 0 Å². The van der Waals surface area contributed by atoms with Gasteiger partial charge < -0.3 is 41.2 Å². The van der Waals surface area contributed by atoms with E-state index in [2.05, 4.69) is 20.6 Å². The maximum absolute atomic E-state index is 13.4. The number of rotatable bonds is 17. The Morgan fingerprint density at radius 3 is 2.57 bits per heavy atom. The Labute approximate surface area is 329 Å². The summed E-state index contributed by atoms with van der Waals surface area (Å²) >= 11 is 1.52. The van der Waals surface area contributed by atoms with Crippen molar-refractivity contribution in [3.8, 4) is 11.5 Å². The summed E-state index contributed by atoms with van der Waals surface area (Å²) < 4.78 is 5.38. The van der Waals surface area contributed by atoms with E-state index < -0.39 is 12.0 Å². The number of hydrogen-bond acceptors (Lipinski definition) is 10. The van der Waals surface area contributed by atoms with Gasteiger partial charge in [-0.25, -0.2) is 0 Å². The molecule has 0 aliphatic heterocycles.